The van der Waals surface area contributed by atoms with Gasteiger partial charge in [0, 0.05) is 6.07 Å². The lowest BCUT2D eigenvalue weighted by Gasteiger charge is -2.07. The van der Waals surface area contributed by atoms with Crippen molar-refractivity contribution < 1.29 is 4.74 Å². The summed E-state index contributed by atoms with van der Waals surface area (Å²) in [6.07, 6.45) is 1.35. The van der Waals surface area contributed by atoms with E-state index in [0.717, 1.165) is 5.56 Å². The molecule has 0 amide bonds. The lowest BCUT2D eigenvalue weighted by atomic mass is 10.2. The van der Waals surface area contributed by atoms with Crippen molar-refractivity contribution in [3.63, 3.8) is 0 Å². The minimum absolute atomic E-state index is 0.374. The summed E-state index contributed by atoms with van der Waals surface area (Å²) in [4.78, 5) is 7.83. The monoisotopic (exact) mass is 250 g/mol. The Bertz CT molecular complexity index is 533. The van der Waals surface area contributed by atoms with E-state index >= 15 is 0 Å². The smallest absolute Gasteiger partial charge is 0.224 e. The molecule has 0 saturated carbocycles. The van der Waals surface area contributed by atoms with Gasteiger partial charge in [-0.2, -0.15) is 0 Å². The van der Waals surface area contributed by atoms with Crippen LogP contribution >= 0.6 is 11.6 Å². The first-order valence-electron chi connectivity index (χ1n) is 4.91. The quantitative estimate of drug-likeness (QED) is 0.647. The summed E-state index contributed by atoms with van der Waals surface area (Å²) in [5.74, 6) is 6.63. The minimum Gasteiger partial charge on any atom is -0.437 e. The van der Waals surface area contributed by atoms with Crippen LogP contribution < -0.4 is 16.0 Å². The highest BCUT2D eigenvalue weighted by Gasteiger charge is 2.05. The maximum Gasteiger partial charge on any atom is 0.224 e. The van der Waals surface area contributed by atoms with Crippen LogP contribution in [-0.2, 0) is 0 Å². The molecule has 1 heterocycles. The molecule has 17 heavy (non-hydrogen) atoms. The Hall–Kier alpha value is -1.85. The molecular weight excluding hydrogens is 240 g/mol. The number of rotatable bonds is 3. The molecule has 0 fully saturated rings. The molecule has 1 aromatic carbocycles. The van der Waals surface area contributed by atoms with E-state index in [0.29, 0.717) is 22.5 Å². The number of nitrogens with zero attached hydrogens (tertiary/aromatic N) is 2. The largest absolute Gasteiger partial charge is 0.437 e. The van der Waals surface area contributed by atoms with E-state index in [1.54, 1.807) is 12.1 Å². The van der Waals surface area contributed by atoms with E-state index in [2.05, 4.69) is 15.4 Å². The molecule has 0 unspecified atom stereocenters. The highest BCUT2D eigenvalue weighted by Crippen LogP contribution is 2.29. The fourth-order valence-electron chi connectivity index (χ4n) is 1.28. The van der Waals surface area contributed by atoms with Gasteiger partial charge in [0.05, 0.1) is 5.02 Å². The van der Waals surface area contributed by atoms with Gasteiger partial charge in [0.1, 0.15) is 17.9 Å². The Morgan fingerprint density at radius 2 is 2.12 bits per heavy atom. The molecule has 0 spiro atoms. The zero-order valence-electron chi connectivity index (χ0n) is 9.14. The predicted molar refractivity (Wildman–Crippen MR) is 66.1 cm³/mol. The third kappa shape index (κ3) is 2.83. The number of nitrogens with two attached hydrogens (primary N) is 1. The molecule has 88 valence electrons. The number of aromatic nitrogens is 2. The molecule has 0 aliphatic rings. The topological polar surface area (TPSA) is 73.1 Å². The van der Waals surface area contributed by atoms with Crippen molar-refractivity contribution in [2.24, 2.45) is 5.84 Å². The van der Waals surface area contributed by atoms with Crippen molar-refractivity contribution >= 4 is 17.4 Å². The summed E-state index contributed by atoms with van der Waals surface area (Å²) >= 11 is 6.04. The van der Waals surface area contributed by atoms with Crippen LogP contribution in [0, 0.1) is 6.92 Å². The van der Waals surface area contributed by atoms with E-state index in [4.69, 9.17) is 22.2 Å². The van der Waals surface area contributed by atoms with Crippen molar-refractivity contribution in [2.45, 2.75) is 6.92 Å². The average Bonchev–Trinajstić information content (AvgIpc) is 2.33. The standard InChI is InChI=1S/C11H11ClN4O/c1-7-2-3-9(8(12)4-7)17-11-5-10(16-13)14-6-15-11/h2-6H,13H2,1H3,(H,14,15,16). The number of anilines is 1. The molecule has 5 nitrogen and oxygen atoms in total. The first-order chi connectivity index (χ1) is 8.19. The van der Waals surface area contributed by atoms with Crippen molar-refractivity contribution in [1.29, 1.82) is 0 Å². The Labute approximate surface area is 104 Å². The number of aryl methyl sites for hydroxylation is 1. The van der Waals surface area contributed by atoms with Crippen LogP contribution in [0.25, 0.3) is 0 Å². The molecule has 2 rings (SSSR count). The molecule has 0 bridgehead atoms. The van der Waals surface area contributed by atoms with Crippen LogP contribution in [0.15, 0.2) is 30.6 Å². The molecule has 6 heteroatoms. The summed E-state index contributed by atoms with van der Waals surface area (Å²) < 4.78 is 5.53. The molecule has 0 radical (unpaired) electrons. The summed E-state index contributed by atoms with van der Waals surface area (Å²) in [5, 5.41) is 0.533. The molecule has 0 aliphatic heterocycles. The third-order valence-electron chi connectivity index (χ3n) is 2.09. The second-order valence-corrected chi connectivity index (χ2v) is 3.83. The normalized spacial score (nSPS) is 10.1. The number of nitrogen functional groups attached to an aromatic ring is 1. The lowest BCUT2D eigenvalue weighted by Crippen LogP contribution is -2.08. The zero-order chi connectivity index (χ0) is 12.3. The highest BCUT2D eigenvalue weighted by atomic mass is 35.5. The van der Waals surface area contributed by atoms with E-state index in [9.17, 15) is 0 Å². The van der Waals surface area contributed by atoms with Gasteiger partial charge < -0.3 is 10.2 Å². The molecule has 0 aliphatic carbocycles. The second-order valence-electron chi connectivity index (χ2n) is 3.42. The molecule has 0 atom stereocenters. The maximum absolute atomic E-state index is 6.04. The van der Waals surface area contributed by atoms with Crippen LogP contribution in [0.3, 0.4) is 0 Å². The van der Waals surface area contributed by atoms with Gasteiger partial charge in [-0.15, -0.1) is 0 Å². The van der Waals surface area contributed by atoms with Crippen molar-refractivity contribution in [3.8, 4) is 11.6 Å². The van der Waals surface area contributed by atoms with E-state index in [-0.39, 0.29) is 0 Å². The van der Waals surface area contributed by atoms with Gasteiger partial charge in [0.25, 0.3) is 0 Å². The zero-order valence-corrected chi connectivity index (χ0v) is 9.90. The van der Waals surface area contributed by atoms with Gasteiger partial charge in [-0.25, -0.2) is 15.8 Å². The van der Waals surface area contributed by atoms with Crippen LogP contribution in [-0.4, -0.2) is 9.97 Å². The Morgan fingerprint density at radius 3 is 2.82 bits per heavy atom. The number of hydrogen-bond acceptors (Lipinski definition) is 5. The third-order valence-corrected chi connectivity index (χ3v) is 2.39. The fraction of sp³-hybridized carbons (Fsp3) is 0.0909. The van der Waals surface area contributed by atoms with Gasteiger partial charge >= 0.3 is 0 Å². The lowest BCUT2D eigenvalue weighted by molar-refractivity contribution is 0.462. The number of ether oxygens (including phenoxy) is 1. The molecule has 3 N–H and O–H groups in total. The molecular formula is C11H11ClN4O. The van der Waals surface area contributed by atoms with Crippen LogP contribution in [0.4, 0.5) is 5.82 Å². The number of halogens is 1. The fourth-order valence-corrected chi connectivity index (χ4v) is 1.55. The number of hydrazine groups is 1. The van der Waals surface area contributed by atoms with Gasteiger partial charge in [-0.05, 0) is 24.6 Å². The summed E-state index contributed by atoms with van der Waals surface area (Å²) in [5.41, 5.74) is 3.48. The minimum atomic E-state index is 0.374. The van der Waals surface area contributed by atoms with Crippen molar-refractivity contribution in [2.75, 3.05) is 5.43 Å². The average molecular weight is 251 g/mol. The number of benzene rings is 1. The van der Waals surface area contributed by atoms with Crippen LogP contribution in [0.5, 0.6) is 11.6 Å². The van der Waals surface area contributed by atoms with E-state index in [1.807, 2.05) is 19.1 Å². The number of nitrogens with one attached hydrogen (secondary N) is 1. The maximum atomic E-state index is 6.04. The van der Waals surface area contributed by atoms with Crippen molar-refractivity contribution in [3.05, 3.63) is 41.2 Å². The second kappa shape index (κ2) is 4.99. The van der Waals surface area contributed by atoms with Gasteiger partial charge in [-0.3, -0.25) is 0 Å². The summed E-state index contributed by atoms with van der Waals surface area (Å²) in [6.45, 7) is 1.96. The Kier molecular flexibility index (Phi) is 3.41. The predicted octanol–water partition coefficient (Wildman–Crippen LogP) is 2.52. The van der Waals surface area contributed by atoms with Crippen molar-refractivity contribution in [1.82, 2.24) is 9.97 Å². The highest BCUT2D eigenvalue weighted by molar-refractivity contribution is 6.32. The van der Waals surface area contributed by atoms with E-state index < -0.39 is 0 Å². The Balaban J connectivity index is 2.25. The first-order valence-corrected chi connectivity index (χ1v) is 5.29. The first kappa shape index (κ1) is 11.6. The SMILES string of the molecule is Cc1ccc(Oc2cc(NN)ncn2)c(Cl)c1. The van der Waals surface area contributed by atoms with Gasteiger partial charge in [0.2, 0.25) is 5.88 Å². The molecule has 1 aromatic heterocycles. The Morgan fingerprint density at radius 1 is 1.29 bits per heavy atom. The number of hydrogen-bond donors (Lipinski definition) is 2. The van der Waals surface area contributed by atoms with E-state index in [1.165, 1.54) is 6.33 Å². The molecule has 0 saturated heterocycles. The molecule has 2 aromatic rings. The van der Waals surface area contributed by atoms with Gasteiger partial charge in [0.15, 0.2) is 0 Å². The summed E-state index contributed by atoms with van der Waals surface area (Å²) in [7, 11) is 0. The van der Waals surface area contributed by atoms with Crippen LogP contribution in [0.2, 0.25) is 5.02 Å². The van der Waals surface area contributed by atoms with Crippen LogP contribution in [0.1, 0.15) is 5.56 Å². The summed E-state index contributed by atoms with van der Waals surface area (Å²) in [6, 6.07) is 7.09. The van der Waals surface area contributed by atoms with Gasteiger partial charge in [-0.1, -0.05) is 17.7 Å².